The molecule has 4 aromatic rings. The van der Waals surface area contributed by atoms with Crippen LogP contribution in [0.1, 0.15) is 0 Å². The Morgan fingerprint density at radius 2 is 1.86 bits per heavy atom. The lowest BCUT2D eigenvalue weighted by molar-refractivity contribution is 0.499. The third-order valence-corrected chi connectivity index (χ3v) is 4.98. The van der Waals surface area contributed by atoms with Crippen molar-refractivity contribution in [2.24, 2.45) is 0 Å². The number of nitrogens with two attached hydrogens (primary N) is 1. The summed E-state index contributed by atoms with van der Waals surface area (Å²) in [5.41, 5.74) is 9.56. The summed E-state index contributed by atoms with van der Waals surface area (Å²) in [6, 6.07) is 12.6. The lowest BCUT2D eigenvalue weighted by Crippen LogP contribution is -2.49. The maximum absolute atomic E-state index is 11.7. The van der Waals surface area contributed by atoms with Gasteiger partial charge in [-0.05, 0) is 30.3 Å². The van der Waals surface area contributed by atoms with Gasteiger partial charge in [-0.25, -0.2) is 19.6 Å². The first kappa shape index (κ1) is 17.4. The second-order valence-electron chi connectivity index (χ2n) is 6.86. The van der Waals surface area contributed by atoms with Gasteiger partial charge in [0, 0.05) is 38.4 Å². The number of piperazine rings is 1. The van der Waals surface area contributed by atoms with Crippen molar-refractivity contribution >= 4 is 17.0 Å². The minimum absolute atomic E-state index is 0.163. The number of pyridine rings is 3. The lowest BCUT2D eigenvalue weighted by Gasteiger charge is -2.31. The number of nitrogen functional groups attached to an aromatic ring is 1. The van der Waals surface area contributed by atoms with Crippen molar-refractivity contribution in [2.45, 2.75) is 0 Å². The van der Waals surface area contributed by atoms with E-state index in [1.807, 2.05) is 35.0 Å². The summed E-state index contributed by atoms with van der Waals surface area (Å²) in [5.74, 6) is 1.13. The molecule has 0 aromatic carbocycles. The second-order valence-corrected chi connectivity index (χ2v) is 6.86. The van der Waals surface area contributed by atoms with Crippen LogP contribution in [0.2, 0.25) is 0 Å². The van der Waals surface area contributed by atoms with Crippen LogP contribution in [0, 0.1) is 0 Å². The van der Waals surface area contributed by atoms with E-state index in [2.05, 4.69) is 20.3 Å². The van der Waals surface area contributed by atoms with Crippen LogP contribution in [0.25, 0.3) is 33.9 Å². The molecule has 1 aliphatic heterocycles. The van der Waals surface area contributed by atoms with E-state index in [9.17, 15) is 4.79 Å². The van der Waals surface area contributed by atoms with E-state index in [1.54, 1.807) is 12.3 Å². The summed E-state index contributed by atoms with van der Waals surface area (Å²) in [5, 5.41) is 5.57. The van der Waals surface area contributed by atoms with Gasteiger partial charge in [0.25, 0.3) is 0 Å². The van der Waals surface area contributed by atoms with Crippen molar-refractivity contribution in [3.63, 3.8) is 0 Å². The zero-order valence-corrected chi connectivity index (χ0v) is 15.7. The number of aromatic amines is 1. The topological polar surface area (TPSA) is 118 Å². The average Bonchev–Trinajstić information content (AvgIpc) is 3.13. The van der Waals surface area contributed by atoms with Gasteiger partial charge in [0.15, 0.2) is 11.5 Å². The Morgan fingerprint density at radius 1 is 1.00 bits per heavy atom. The maximum atomic E-state index is 11.7. The van der Waals surface area contributed by atoms with Crippen molar-refractivity contribution in [3.05, 3.63) is 59.0 Å². The molecule has 0 unspecified atom stereocenters. The van der Waals surface area contributed by atoms with E-state index in [0.717, 1.165) is 37.3 Å². The first-order valence-corrected chi connectivity index (χ1v) is 9.47. The van der Waals surface area contributed by atoms with Gasteiger partial charge in [-0.15, -0.1) is 0 Å². The Balaban J connectivity index is 1.74. The summed E-state index contributed by atoms with van der Waals surface area (Å²) >= 11 is 0. The minimum atomic E-state index is -0.163. The number of imidazole rings is 1. The molecule has 9 heteroatoms. The average molecular weight is 388 g/mol. The van der Waals surface area contributed by atoms with Crippen LogP contribution in [0.5, 0.6) is 0 Å². The summed E-state index contributed by atoms with van der Waals surface area (Å²) in [6.45, 7) is 3.36. The molecule has 1 fully saturated rings. The monoisotopic (exact) mass is 388 g/mol. The first-order valence-electron chi connectivity index (χ1n) is 9.47. The van der Waals surface area contributed by atoms with E-state index >= 15 is 0 Å². The first-order chi connectivity index (χ1) is 14.2. The Morgan fingerprint density at radius 3 is 2.66 bits per heavy atom. The second kappa shape index (κ2) is 7.02. The predicted octanol–water partition coefficient (Wildman–Crippen LogP) is 0.972. The fourth-order valence-electron chi connectivity index (χ4n) is 3.60. The third-order valence-electron chi connectivity index (χ3n) is 4.98. The van der Waals surface area contributed by atoms with E-state index in [0.29, 0.717) is 28.7 Å². The number of anilines is 1. The molecule has 5 rings (SSSR count). The van der Waals surface area contributed by atoms with E-state index in [4.69, 9.17) is 15.7 Å². The van der Waals surface area contributed by atoms with Crippen LogP contribution in [0.4, 0.5) is 5.82 Å². The van der Waals surface area contributed by atoms with Gasteiger partial charge in [0.05, 0.1) is 17.0 Å². The van der Waals surface area contributed by atoms with Crippen LogP contribution < -0.4 is 21.6 Å². The Labute approximate surface area is 166 Å². The number of hydrogen-bond donors (Lipinski definition) is 3. The molecule has 0 amide bonds. The molecule has 0 radical (unpaired) electrons. The largest absolute Gasteiger partial charge is 0.383 e. The highest BCUT2D eigenvalue weighted by molar-refractivity contribution is 5.82. The number of rotatable bonds is 3. The summed E-state index contributed by atoms with van der Waals surface area (Å²) in [4.78, 5) is 28.4. The molecule has 0 saturated carbocycles. The SMILES string of the molecule is Nc1ncccc1-c1nc2ccc(-c3cccc(=O)[nH]3)nc2n1N1CCNCC1. The highest BCUT2D eigenvalue weighted by atomic mass is 16.1. The van der Waals surface area contributed by atoms with Gasteiger partial charge in [-0.1, -0.05) is 6.07 Å². The summed E-state index contributed by atoms with van der Waals surface area (Å²) in [6.07, 6.45) is 1.67. The molecule has 29 heavy (non-hydrogen) atoms. The molecular formula is C20H20N8O. The third kappa shape index (κ3) is 3.11. The van der Waals surface area contributed by atoms with Crippen molar-refractivity contribution in [3.8, 4) is 22.8 Å². The smallest absolute Gasteiger partial charge is 0.248 e. The number of hydrogen-bond acceptors (Lipinski definition) is 7. The number of aromatic nitrogens is 5. The number of nitrogens with one attached hydrogen (secondary N) is 2. The van der Waals surface area contributed by atoms with Gasteiger partial charge in [-0.2, -0.15) is 0 Å². The molecule has 0 bridgehead atoms. The number of nitrogens with zero attached hydrogens (tertiary/aromatic N) is 5. The van der Waals surface area contributed by atoms with Gasteiger partial charge >= 0.3 is 0 Å². The van der Waals surface area contributed by atoms with Gasteiger partial charge in [0.1, 0.15) is 11.3 Å². The molecule has 0 atom stereocenters. The normalized spacial score (nSPS) is 14.4. The fraction of sp³-hybridized carbons (Fsp3) is 0.200. The molecule has 9 nitrogen and oxygen atoms in total. The number of fused-ring (bicyclic) bond motifs is 1. The molecule has 4 N–H and O–H groups in total. The van der Waals surface area contributed by atoms with Gasteiger partial charge in [-0.3, -0.25) is 4.79 Å². The Kier molecular flexibility index (Phi) is 4.21. The lowest BCUT2D eigenvalue weighted by atomic mass is 10.2. The molecule has 1 saturated heterocycles. The molecule has 0 aliphatic carbocycles. The Bertz CT molecular complexity index is 1240. The Hall–Kier alpha value is -3.72. The molecule has 146 valence electrons. The minimum Gasteiger partial charge on any atom is -0.383 e. The van der Waals surface area contributed by atoms with Crippen molar-refractivity contribution in [1.29, 1.82) is 0 Å². The highest BCUT2D eigenvalue weighted by Crippen LogP contribution is 2.28. The zero-order valence-electron chi connectivity index (χ0n) is 15.7. The van der Waals surface area contributed by atoms with Gasteiger partial charge < -0.3 is 21.0 Å². The maximum Gasteiger partial charge on any atom is 0.248 e. The van der Waals surface area contributed by atoms with Crippen LogP contribution >= 0.6 is 0 Å². The van der Waals surface area contributed by atoms with Crippen LogP contribution in [-0.2, 0) is 0 Å². The van der Waals surface area contributed by atoms with E-state index < -0.39 is 0 Å². The zero-order chi connectivity index (χ0) is 19.8. The predicted molar refractivity (Wildman–Crippen MR) is 112 cm³/mol. The standard InChI is InChI=1S/C20H20N8O/c21-18-13(3-2-8-23-18)19-26-16-7-6-15(14-4-1-5-17(29)24-14)25-20(16)28(19)27-11-9-22-10-12-27/h1-8,22H,9-12H2,(H2,21,23)(H,24,29). The summed E-state index contributed by atoms with van der Waals surface area (Å²) < 4.78 is 2.02. The van der Waals surface area contributed by atoms with Crippen molar-refractivity contribution in [2.75, 3.05) is 36.9 Å². The highest BCUT2D eigenvalue weighted by Gasteiger charge is 2.22. The number of H-pyrrole nitrogens is 1. The molecule has 4 aromatic heterocycles. The summed E-state index contributed by atoms with van der Waals surface area (Å²) in [7, 11) is 0. The fourth-order valence-corrected chi connectivity index (χ4v) is 3.60. The van der Waals surface area contributed by atoms with Crippen molar-refractivity contribution < 1.29 is 0 Å². The van der Waals surface area contributed by atoms with E-state index in [-0.39, 0.29) is 5.56 Å². The van der Waals surface area contributed by atoms with E-state index in [1.165, 1.54) is 6.07 Å². The van der Waals surface area contributed by atoms with Crippen LogP contribution in [0.15, 0.2) is 53.5 Å². The van der Waals surface area contributed by atoms with Crippen LogP contribution in [-0.4, -0.2) is 50.8 Å². The molecule has 0 spiro atoms. The van der Waals surface area contributed by atoms with Crippen molar-refractivity contribution in [1.82, 2.24) is 29.9 Å². The van der Waals surface area contributed by atoms with Crippen LogP contribution in [0.3, 0.4) is 0 Å². The van der Waals surface area contributed by atoms with Gasteiger partial charge in [0.2, 0.25) is 5.56 Å². The molecular weight excluding hydrogens is 368 g/mol. The molecule has 5 heterocycles. The molecule has 1 aliphatic rings. The quantitative estimate of drug-likeness (QED) is 0.479.